The molecule has 0 aliphatic rings. The van der Waals surface area contributed by atoms with E-state index in [1.807, 2.05) is 0 Å². The molecule has 0 saturated carbocycles. The Labute approximate surface area is 92.0 Å². The SMILES string of the molecule is CC(=O)NS(=O)(=O)c1ccccc1C(=O)O. The third-order valence-electron chi connectivity index (χ3n) is 1.69. The summed E-state index contributed by atoms with van der Waals surface area (Å²) >= 11 is 0. The zero-order valence-corrected chi connectivity index (χ0v) is 9.11. The second-order valence-electron chi connectivity index (χ2n) is 2.96. The van der Waals surface area contributed by atoms with E-state index in [1.165, 1.54) is 12.1 Å². The van der Waals surface area contributed by atoms with Crippen LogP contribution in [0, 0.1) is 0 Å². The third-order valence-corrected chi connectivity index (χ3v) is 3.18. The van der Waals surface area contributed by atoms with Crippen molar-refractivity contribution in [2.75, 3.05) is 0 Å². The van der Waals surface area contributed by atoms with Gasteiger partial charge in [-0.05, 0) is 12.1 Å². The smallest absolute Gasteiger partial charge is 0.337 e. The maximum Gasteiger partial charge on any atom is 0.337 e. The Hall–Kier alpha value is -1.89. The van der Waals surface area contributed by atoms with Gasteiger partial charge in [0.05, 0.1) is 5.56 Å². The second kappa shape index (κ2) is 4.31. The lowest BCUT2D eigenvalue weighted by molar-refractivity contribution is -0.117. The molecule has 0 fully saturated rings. The van der Waals surface area contributed by atoms with Gasteiger partial charge in [-0.1, -0.05) is 12.1 Å². The molecule has 0 saturated heterocycles. The largest absolute Gasteiger partial charge is 0.478 e. The van der Waals surface area contributed by atoms with Crippen LogP contribution in [0.4, 0.5) is 0 Å². The van der Waals surface area contributed by atoms with Crippen LogP contribution in [0.2, 0.25) is 0 Å². The lowest BCUT2D eigenvalue weighted by Crippen LogP contribution is -2.29. The molecular formula is C9H9NO5S. The summed E-state index contributed by atoms with van der Waals surface area (Å²) in [5, 5.41) is 8.79. The Balaban J connectivity index is 3.33. The van der Waals surface area contributed by atoms with Crippen molar-refractivity contribution in [3.8, 4) is 0 Å². The average molecular weight is 243 g/mol. The summed E-state index contributed by atoms with van der Waals surface area (Å²) in [5.74, 6) is -2.15. The predicted molar refractivity (Wildman–Crippen MR) is 54.4 cm³/mol. The lowest BCUT2D eigenvalue weighted by Gasteiger charge is -2.07. The van der Waals surface area contributed by atoms with Gasteiger partial charge in [-0.25, -0.2) is 17.9 Å². The minimum atomic E-state index is -4.12. The fourth-order valence-electron chi connectivity index (χ4n) is 1.12. The molecule has 7 heteroatoms. The van der Waals surface area contributed by atoms with Crippen LogP contribution in [0.5, 0.6) is 0 Å². The van der Waals surface area contributed by atoms with E-state index in [-0.39, 0.29) is 5.56 Å². The van der Waals surface area contributed by atoms with Crippen LogP contribution in [0.3, 0.4) is 0 Å². The summed E-state index contributed by atoms with van der Waals surface area (Å²) in [6.45, 7) is 1.03. The first-order valence-electron chi connectivity index (χ1n) is 4.20. The molecule has 0 aromatic heterocycles. The van der Waals surface area contributed by atoms with Crippen LogP contribution in [0.15, 0.2) is 29.2 Å². The maximum absolute atomic E-state index is 11.6. The molecule has 6 nitrogen and oxygen atoms in total. The number of nitrogens with one attached hydrogen (secondary N) is 1. The number of sulfonamides is 1. The summed E-state index contributed by atoms with van der Waals surface area (Å²) in [4.78, 5) is 21.0. The molecule has 1 aromatic carbocycles. The molecule has 0 heterocycles. The van der Waals surface area contributed by atoms with Crippen molar-refractivity contribution in [1.29, 1.82) is 0 Å². The predicted octanol–water partition coefficient (Wildman–Crippen LogP) is 0.210. The van der Waals surface area contributed by atoms with Gasteiger partial charge in [0.25, 0.3) is 10.0 Å². The van der Waals surface area contributed by atoms with Crippen molar-refractivity contribution >= 4 is 21.9 Å². The van der Waals surface area contributed by atoms with Crippen molar-refractivity contribution in [3.63, 3.8) is 0 Å². The van der Waals surface area contributed by atoms with Crippen LogP contribution in [-0.2, 0) is 14.8 Å². The van der Waals surface area contributed by atoms with Gasteiger partial charge in [0.2, 0.25) is 5.91 Å². The molecule has 16 heavy (non-hydrogen) atoms. The summed E-state index contributed by atoms with van der Waals surface area (Å²) in [7, 11) is -4.12. The monoisotopic (exact) mass is 243 g/mol. The van der Waals surface area contributed by atoms with Gasteiger partial charge >= 0.3 is 5.97 Å². The fraction of sp³-hybridized carbons (Fsp3) is 0.111. The Morgan fingerprint density at radius 3 is 2.31 bits per heavy atom. The van der Waals surface area contributed by atoms with E-state index in [4.69, 9.17) is 5.11 Å². The number of amides is 1. The van der Waals surface area contributed by atoms with Crippen LogP contribution in [0.25, 0.3) is 0 Å². The molecule has 1 aromatic rings. The van der Waals surface area contributed by atoms with E-state index in [1.54, 1.807) is 4.72 Å². The highest BCUT2D eigenvalue weighted by molar-refractivity contribution is 7.90. The number of benzene rings is 1. The number of carboxylic acid groups (broad SMARTS) is 1. The first kappa shape index (κ1) is 12.2. The number of hydrogen-bond acceptors (Lipinski definition) is 4. The summed E-state index contributed by atoms with van der Waals surface area (Å²) in [5.41, 5.74) is -0.378. The fourth-order valence-corrected chi connectivity index (χ4v) is 2.31. The Morgan fingerprint density at radius 1 is 1.25 bits per heavy atom. The van der Waals surface area contributed by atoms with E-state index < -0.39 is 26.8 Å². The Morgan fingerprint density at radius 2 is 1.81 bits per heavy atom. The Bertz CT molecular complexity index is 535. The minimum Gasteiger partial charge on any atom is -0.478 e. The molecule has 1 rings (SSSR count). The van der Waals surface area contributed by atoms with Crippen LogP contribution < -0.4 is 4.72 Å². The summed E-state index contributed by atoms with van der Waals surface area (Å²) in [6, 6.07) is 5.04. The highest BCUT2D eigenvalue weighted by Gasteiger charge is 2.22. The number of rotatable bonds is 3. The van der Waals surface area contributed by atoms with Gasteiger partial charge in [-0.2, -0.15) is 0 Å². The normalized spacial score (nSPS) is 10.8. The van der Waals surface area contributed by atoms with Crippen molar-refractivity contribution in [3.05, 3.63) is 29.8 Å². The van der Waals surface area contributed by atoms with Crippen molar-refractivity contribution in [2.45, 2.75) is 11.8 Å². The highest BCUT2D eigenvalue weighted by atomic mass is 32.2. The van der Waals surface area contributed by atoms with Gasteiger partial charge in [0.15, 0.2) is 0 Å². The van der Waals surface area contributed by atoms with E-state index in [2.05, 4.69) is 0 Å². The van der Waals surface area contributed by atoms with Gasteiger partial charge in [-0.15, -0.1) is 0 Å². The molecule has 0 spiro atoms. The van der Waals surface area contributed by atoms with Crippen molar-refractivity contribution in [2.24, 2.45) is 0 Å². The number of hydrogen-bond donors (Lipinski definition) is 2. The first-order chi connectivity index (χ1) is 7.34. The van der Waals surface area contributed by atoms with Crippen LogP contribution in [-0.4, -0.2) is 25.4 Å². The number of carbonyl (C=O) groups excluding carboxylic acids is 1. The highest BCUT2D eigenvalue weighted by Crippen LogP contribution is 2.14. The Kier molecular flexibility index (Phi) is 3.28. The molecule has 0 aliphatic carbocycles. The van der Waals surface area contributed by atoms with Crippen LogP contribution in [0.1, 0.15) is 17.3 Å². The molecule has 2 N–H and O–H groups in total. The molecule has 0 bridgehead atoms. The topological polar surface area (TPSA) is 101 Å². The van der Waals surface area contributed by atoms with E-state index in [9.17, 15) is 18.0 Å². The average Bonchev–Trinajstić information content (AvgIpc) is 2.15. The molecule has 0 unspecified atom stereocenters. The van der Waals surface area contributed by atoms with Crippen LogP contribution >= 0.6 is 0 Å². The third kappa shape index (κ3) is 2.57. The summed E-state index contributed by atoms with van der Waals surface area (Å²) < 4.78 is 24.8. The number of carbonyl (C=O) groups is 2. The second-order valence-corrected chi connectivity index (χ2v) is 4.61. The molecule has 0 radical (unpaired) electrons. The van der Waals surface area contributed by atoms with Gasteiger partial charge in [0.1, 0.15) is 4.90 Å². The summed E-state index contributed by atoms with van der Waals surface area (Å²) in [6.07, 6.45) is 0. The van der Waals surface area contributed by atoms with Gasteiger partial charge in [0, 0.05) is 6.92 Å². The molecular weight excluding hydrogens is 234 g/mol. The molecule has 0 aliphatic heterocycles. The lowest BCUT2D eigenvalue weighted by atomic mass is 10.2. The maximum atomic E-state index is 11.6. The standard InChI is InChI=1S/C9H9NO5S/c1-6(11)10-16(14,15)8-5-3-2-4-7(8)9(12)13/h2-5H,1H3,(H,10,11)(H,12,13). The molecule has 86 valence electrons. The van der Waals surface area contributed by atoms with Crippen molar-refractivity contribution in [1.82, 2.24) is 4.72 Å². The number of carboxylic acids is 1. The first-order valence-corrected chi connectivity index (χ1v) is 5.68. The van der Waals surface area contributed by atoms with E-state index in [0.29, 0.717) is 0 Å². The molecule has 1 amide bonds. The van der Waals surface area contributed by atoms with Gasteiger partial charge in [-0.3, -0.25) is 4.79 Å². The number of aromatic carboxylic acids is 1. The van der Waals surface area contributed by atoms with E-state index in [0.717, 1.165) is 19.1 Å². The van der Waals surface area contributed by atoms with E-state index >= 15 is 0 Å². The minimum absolute atomic E-state index is 0.378. The zero-order chi connectivity index (χ0) is 12.3. The zero-order valence-electron chi connectivity index (χ0n) is 8.30. The molecule has 0 atom stereocenters. The van der Waals surface area contributed by atoms with Gasteiger partial charge < -0.3 is 5.11 Å². The van der Waals surface area contributed by atoms with Crippen molar-refractivity contribution < 1.29 is 23.1 Å². The quantitative estimate of drug-likeness (QED) is 0.790.